The van der Waals surface area contributed by atoms with Crippen LogP contribution >= 0.6 is 0 Å². The molecule has 0 aliphatic carbocycles. The van der Waals surface area contributed by atoms with Gasteiger partial charge >= 0.3 is 0 Å². The molecule has 0 spiro atoms. The minimum atomic E-state index is 0.157. The lowest BCUT2D eigenvalue weighted by Gasteiger charge is -2.13. The fourth-order valence-corrected chi connectivity index (χ4v) is 1.89. The number of benzene rings is 2. The molecule has 0 aliphatic heterocycles. The Labute approximate surface area is 106 Å². The molecule has 2 N–H and O–H groups in total. The number of phenolic OH excluding ortho intramolecular Hbond substituents is 1. The number of nitrogens with one attached hydrogen (secondary N) is 1. The second kappa shape index (κ2) is 5.04. The molecular weight excluding hydrogens is 228 g/mol. The zero-order valence-electron chi connectivity index (χ0n) is 10.5. The summed E-state index contributed by atoms with van der Waals surface area (Å²) in [6, 6.07) is 8.75. The lowest BCUT2D eigenvalue weighted by Crippen LogP contribution is -2.08. The molecule has 0 unspecified atom stereocenters. The van der Waals surface area contributed by atoms with Crippen molar-refractivity contribution in [2.75, 3.05) is 11.9 Å². The number of fused-ring (bicyclic) bond motifs is 1. The summed E-state index contributed by atoms with van der Waals surface area (Å²) < 4.78 is 0. The number of phenols is 1. The maximum atomic E-state index is 11.0. The van der Waals surface area contributed by atoms with E-state index in [4.69, 9.17) is 0 Å². The zero-order chi connectivity index (χ0) is 13.1. The molecule has 2 aromatic rings. The van der Waals surface area contributed by atoms with Crippen molar-refractivity contribution >= 4 is 22.1 Å². The van der Waals surface area contributed by atoms with Gasteiger partial charge in [-0.2, -0.15) is 0 Å². The van der Waals surface area contributed by atoms with Crippen molar-refractivity contribution in [1.29, 1.82) is 0 Å². The van der Waals surface area contributed by atoms with Gasteiger partial charge in [0.15, 0.2) is 0 Å². The van der Waals surface area contributed by atoms with Gasteiger partial charge in [0.05, 0.1) is 5.69 Å². The predicted octanol–water partition coefficient (Wildman–Crippen LogP) is 4.01. The van der Waals surface area contributed by atoms with E-state index in [0.717, 1.165) is 6.54 Å². The third-order valence-corrected chi connectivity index (χ3v) is 2.79. The second-order valence-electron chi connectivity index (χ2n) is 4.70. The van der Waals surface area contributed by atoms with Crippen molar-refractivity contribution in [2.24, 2.45) is 11.1 Å². The van der Waals surface area contributed by atoms with Crippen LogP contribution in [0, 0.1) is 10.8 Å². The molecule has 0 aromatic heterocycles. The van der Waals surface area contributed by atoms with Gasteiger partial charge in [0.2, 0.25) is 0 Å². The van der Waals surface area contributed by atoms with Gasteiger partial charge in [0, 0.05) is 23.4 Å². The Kier molecular flexibility index (Phi) is 3.46. The standard InChI is InChI=1S/C14H16N2O2/c1-9(2)8-15-12-7-13(17)10-5-3-4-6-11(10)14(12)16-18/h3-7,9,15,17H,8H2,1-2H3. The van der Waals surface area contributed by atoms with Crippen LogP contribution in [0.1, 0.15) is 13.8 Å². The van der Waals surface area contributed by atoms with Crippen LogP contribution < -0.4 is 5.32 Å². The number of aromatic hydroxyl groups is 1. The van der Waals surface area contributed by atoms with Crippen LogP contribution in [0.2, 0.25) is 0 Å². The van der Waals surface area contributed by atoms with E-state index in [0.29, 0.717) is 28.1 Å². The Morgan fingerprint density at radius 2 is 1.94 bits per heavy atom. The average molecular weight is 244 g/mol. The van der Waals surface area contributed by atoms with Gasteiger partial charge < -0.3 is 10.4 Å². The highest BCUT2D eigenvalue weighted by Crippen LogP contribution is 2.39. The molecule has 0 radical (unpaired) electrons. The van der Waals surface area contributed by atoms with Gasteiger partial charge in [0.1, 0.15) is 11.4 Å². The van der Waals surface area contributed by atoms with Crippen molar-refractivity contribution in [3.05, 3.63) is 35.2 Å². The van der Waals surface area contributed by atoms with Crippen molar-refractivity contribution in [2.45, 2.75) is 13.8 Å². The van der Waals surface area contributed by atoms with E-state index >= 15 is 0 Å². The topological polar surface area (TPSA) is 61.7 Å². The third-order valence-electron chi connectivity index (χ3n) is 2.79. The third kappa shape index (κ3) is 2.27. The van der Waals surface area contributed by atoms with Crippen molar-refractivity contribution in [3.8, 4) is 5.75 Å². The molecule has 18 heavy (non-hydrogen) atoms. The summed E-state index contributed by atoms with van der Waals surface area (Å²) in [7, 11) is 0. The molecular formula is C14H16N2O2. The summed E-state index contributed by atoms with van der Waals surface area (Å²) >= 11 is 0. The van der Waals surface area contributed by atoms with Crippen LogP contribution in [0.3, 0.4) is 0 Å². The maximum absolute atomic E-state index is 11.0. The fraction of sp³-hybridized carbons (Fsp3) is 0.286. The van der Waals surface area contributed by atoms with Crippen LogP contribution in [-0.2, 0) is 0 Å². The summed E-state index contributed by atoms with van der Waals surface area (Å²) in [5.74, 6) is 0.599. The SMILES string of the molecule is CC(C)CNc1cc(O)c2ccccc2c1N=O. The lowest BCUT2D eigenvalue weighted by atomic mass is 10.1. The van der Waals surface area contributed by atoms with Gasteiger partial charge in [-0.25, -0.2) is 0 Å². The van der Waals surface area contributed by atoms with E-state index in [1.807, 2.05) is 12.1 Å². The molecule has 0 atom stereocenters. The number of nitroso groups, excluding NO2 is 1. The molecule has 0 saturated carbocycles. The van der Waals surface area contributed by atoms with Crippen LogP contribution in [0.15, 0.2) is 35.5 Å². The first kappa shape index (κ1) is 12.4. The number of hydrogen-bond donors (Lipinski definition) is 2. The molecule has 0 saturated heterocycles. The highest BCUT2D eigenvalue weighted by Gasteiger charge is 2.12. The molecule has 0 aliphatic rings. The van der Waals surface area contributed by atoms with E-state index in [2.05, 4.69) is 24.3 Å². The van der Waals surface area contributed by atoms with Crippen LogP contribution in [-0.4, -0.2) is 11.7 Å². The molecule has 2 rings (SSSR count). The largest absolute Gasteiger partial charge is 0.507 e. The second-order valence-corrected chi connectivity index (χ2v) is 4.70. The molecule has 4 nitrogen and oxygen atoms in total. The van der Waals surface area contributed by atoms with E-state index in [1.165, 1.54) is 0 Å². The molecule has 0 heterocycles. The summed E-state index contributed by atoms with van der Waals surface area (Å²) in [6.07, 6.45) is 0. The van der Waals surface area contributed by atoms with Crippen LogP contribution in [0.25, 0.3) is 10.8 Å². The summed E-state index contributed by atoms with van der Waals surface area (Å²) in [4.78, 5) is 11.0. The van der Waals surface area contributed by atoms with E-state index in [1.54, 1.807) is 18.2 Å². The van der Waals surface area contributed by atoms with Crippen LogP contribution in [0.4, 0.5) is 11.4 Å². The predicted molar refractivity (Wildman–Crippen MR) is 74.4 cm³/mol. The molecule has 4 heteroatoms. The number of nitrogens with zero attached hydrogens (tertiary/aromatic N) is 1. The Morgan fingerprint density at radius 1 is 1.28 bits per heavy atom. The van der Waals surface area contributed by atoms with Crippen molar-refractivity contribution in [3.63, 3.8) is 0 Å². The van der Waals surface area contributed by atoms with Crippen molar-refractivity contribution < 1.29 is 5.11 Å². The summed E-state index contributed by atoms with van der Waals surface area (Å²) in [6.45, 7) is 4.87. The number of rotatable bonds is 4. The average Bonchev–Trinajstić information content (AvgIpc) is 2.36. The normalized spacial score (nSPS) is 10.8. The smallest absolute Gasteiger partial charge is 0.139 e. The molecule has 0 amide bonds. The minimum absolute atomic E-state index is 0.157. The maximum Gasteiger partial charge on any atom is 0.139 e. The first-order valence-corrected chi connectivity index (χ1v) is 5.95. The molecule has 2 aromatic carbocycles. The highest BCUT2D eigenvalue weighted by atomic mass is 16.3. The monoisotopic (exact) mass is 244 g/mol. The Balaban J connectivity index is 2.56. The van der Waals surface area contributed by atoms with Gasteiger partial charge in [-0.15, -0.1) is 4.91 Å². The van der Waals surface area contributed by atoms with Crippen LogP contribution in [0.5, 0.6) is 5.75 Å². The fourth-order valence-electron chi connectivity index (χ4n) is 1.89. The zero-order valence-corrected chi connectivity index (χ0v) is 10.5. The van der Waals surface area contributed by atoms with Gasteiger partial charge in [-0.05, 0) is 11.1 Å². The van der Waals surface area contributed by atoms with E-state index < -0.39 is 0 Å². The summed E-state index contributed by atoms with van der Waals surface area (Å²) in [5.41, 5.74) is 0.930. The van der Waals surface area contributed by atoms with Crippen molar-refractivity contribution in [1.82, 2.24) is 0 Å². The molecule has 94 valence electrons. The van der Waals surface area contributed by atoms with Gasteiger partial charge in [0.25, 0.3) is 0 Å². The minimum Gasteiger partial charge on any atom is -0.507 e. The lowest BCUT2D eigenvalue weighted by molar-refractivity contribution is 0.482. The quantitative estimate of drug-likeness (QED) is 0.799. The first-order chi connectivity index (χ1) is 8.63. The van der Waals surface area contributed by atoms with E-state index in [9.17, 15) is 10.0 Å². The van der Waals surface area contributed by atoms with Gasteiger partial charge in [-0.3, -0.25) is 0 Å². The Hall–Kier alpha value is -2.10. The van der Waals surface area contributed by atoms with Gasteiger partial charge in [-0.1, -0.05) is 38.1 Å². The first-order valence-electron chi connectivity index (χ1n) is 5.95. The van der Waals surface area contributed by atoms with E-state index in [-0.39, 0.29) is 5.75 Å². The molecule has 0 bridgehead atoms. The Morgan fingerprint density at radius 3 is 2.56 bits per heavy atom. The molecule has 0 fully saturated rings. The highest BCUT2D eigenvalue weighted by molar-refractivity contribution is 6.02. The summed E-state index contributed by atoms with van der Waals surface area (Å²) in [5, 5.41) is 17.5. The Bertz CT molecular complexity index is 579. The number of anilines is 1. The number of hydrogen-bond acceptors (Lipinski definition) is 4.